The lowest BCUT2D eigenvalue weighted by molar-refractivity contribution is -0.141. The quantitative estimate of drug-likeness (QED) is 0.812. The standard InChI is InChI=1S/C14H20N2O3S/c1-2-10(13(17)18)8-15-14(19)16(11-5-6-11)9-12-4-3-7-20-12/h3-4,7,10-11H,2,5-6,8-9H2,1H3,(H,15,19)(H,17,18). The summed E-state index contributed by atoms with van der Waals surface area (Å²) in [4.78, 5) is 26.1. The van der Waals surface area contributed by atoms with E-state index < -0.39 is 11.9 Å². The first kappa shape index (κ1) is 14.8. The molecule has 1 aromatic heterocycles. The molecule has 2 rings (SSSR count). The van der Waals surface area contributed by atoms with Crippen LogP contribution in [0, 0.1) is 5.92 Å². The van der Waals surface area contributed by atoms with Crippen LogP contribution in [-0.2, 0) is 11.3 Å². The number of carboxylic acids is 1. The number of hydrogen-bond acceptors (Lipinski definition) is 3. The van der Waals surface area contributed by atoms with Crippen LogP contribution in [0.2, 0.25) is 0 Å². The fourth-order valence-electron chi connectivity index (χ4n) is 2.04. The molecule has 20 heavy (non-hydrogen) atoms. The number of thiophene rings is 1. The van der Waals surface area contributed by atoms with E-state index in [4.69, 9.17) is 5.11 Å². The van der Waals surface area contributed by atoms with Crippen LogP contribution in [0.5, 0.6) is 0 Å². The number of nitrogens with one attached hydrogen (secondary N) is 1. The molecule has 0 spiro atoms. The Kier molecular flexibility index (Phi) is 5.00. The number of aliphatic carboxylic acids is 1. The van der Waals surface area contributed by atoms with Crippen molar-refractivity contribution in [2.75, 3.05) is 6.54 Å². The maximum Gasteiger partial charge on any atom is 0.318 e. The average molecular weight is 296 g/mol. The summed E-state index contributed by atoms with van der Waals surface area (Å²) >= 11 is 1.63. The van der Waals surface area contributed by atoms with Crippen LogP contribution in [0.15, 0.2) is 17.5 Å². The molecule has 1 aromatic rings. The second-order valence-electron chi connectivity index (χ2n) is 5.07. The summed E-state index contributed by atoms with van der Waals surface area (Å²) in [6, 6.07) is 4.14. The Morgan fingerprint density at radius 3 is 2.80 bits per heavy atom. The Morgan fingerprint density at radius 1 is 1.55 bits per heavy atom. The zero-order valence-electron chi connectivity index (χ0n) is 11.5. The van der Waals surface area contributed by atoms with Gasteiger partial charge in [-0.05, 0) is 30.7 Å². The zero-order valence-corrected chi connectivity index (χ0v) is 12.4. The minimum Gasteiger partial charge on any atom is -0.481 e. The van der Waals surface area contributed by atoms with E-state index in [2.05, 4.69) is 5.32 Å². The summed E-state index contributed by atoms with van der Waals surface area (Å²) in [6.07, 6.45) is 2.59. The van der Waals surface area contributed by atoms with Gasteiger partial charge in [-0.2, -0.15) is 0 Å². The van der Waals surface area contributed by atoms with Gasteiger partial charge in [0.1, 0.15) is 0 Å². The lowest BCUT2D eigenvalue weighted by Gasteiger charge is -2.23. The molecule has 1 aliphatic carbocycles. The number of nitrogens with zero attached hydrogens (tertiary/aromatic N) is 1. The topological polar surface area (TPSA) is 69.6 Å². The van der Waals surface area contributed by atoms with E-state index in [0.717, 1.165) is 17.7 Å². The smallest absolute Gasteiger partial charge is 0.318 e. The Morgan fingerprint density at radius 2 is 2.30 bits per heavy atom. The summed E-state index contributed by atoms with van der Waals surface area (Å²) < 4.78 is 0. The number of urea groups is 1. The number of rotatable bonds is 7. The first-order valence-electron chi connectivity index (χ1n) is 6.91. The second-order valence-corrected chi connectivity index (χ2v) is 6.10. The molecule has 0 saturated heterocycles. The molecule has 1 aliphatic rings. The molecule has 1 saturated carbocycles. The summed E-state index contributed by atoms with van der Waals surface area (Å²) in [7, 11) is 0. The van der Waals surface area contributed by atoms with Gasteiger partial charge in [0, 0.05) is 17.5 Å². The van der Waals surface area contributed by atoms with E-state index >= 15 is 0 Å². The third kappa shape index (κ3) is 3.96. The maximum atomic E-state index is 12.2. The predicted molar refractivity (Wildman–Crippen MR) is 77.7 cm³/mol. The van der Waals surface area contributed by atoms with Crippen LogP contribution in [0.4, 0.5) is 4.79 Å². The summed E-state index contributed by atoms with van der Waals surface area (Å²) in [6.45, 7) is 2.62. The predicted octanol–water partition coefficient (Wildman–Crippen LogP) is 2.53. The molecule has 1 atom stereocenters. The summed E-state index contributed by atoms with van der Waals surface area (Å²) in [5.41, 5.74) is 0. The van der Waals surface area contributed by atoms with Crippen LogP contribution in [-0.4, -0.2) is 34.6 Å². The summed E-state index contributed by atoms with van der Waals surface area (Å²) in [5.74, 6) is -1.37. The van der Waals surface area contributed by atoms with Gasteiger partial charge in [0.25, 0.3) is 0 Å². The van der Waals surface area contributed by atoms with E-state index in [0.29, 0.717) is 19.0 Å². The molecule has 0 radical (unpaired) electrons. The Balaban J connectivity index is 1.89. The molecule has 5 nitrogen and oxygen atoms in total. The van der Waals surface area contributed by atoms with E-state index in [1.165, 1.54) is 0 Å². The minimum absolute atomic E-state index is 0.152. The lowest BCUT2D eigenvalue weighted by Crippen LogP contribution is -2.43. The Labute approximate surface area is 122 Å². The van der Waals surface area contributed by atoms with Crippen molar-refractivity contribution in [3.63, 3.8) is 0 Å². The zero-order chi connectivity index (χ0) is 14.5. The Bertz CT molecular complexity index is 457. The molecule has 1 fully saturated rings. The SMILES string of the molecule is CCC(CNC(=O)N(Cc1cccs1)C1CC1)C(=O)O. The normalized spacial score (nSPS) is 15.7. The van der Waals surface area contributed by atoms with Crippen LogP contribution < -0.4 is 5.32 Å². The highest BCUT2D eigenvalue weighted by molar-refractivity contribution is 7.09. The van der Waals surface area contributed by atoms with Gasteiger partial charge in [0.15, 0.2) is 0 Å². The van der Waals surface area contributed by atoms with Gasteiger partial charge < -0.3 is 15.3 Å². The first-order chi connectivity index (χ1) is 9.61. The maximum absolute atomic E-state index is 12.2. The molecule has 1 heterocycles. The molecular weight excluding hydrogens is 276 g/mol. The van der Waals surface area contributed by atoms with Crippen molar-refractivity contribution >= 4 is 23.3 Å². The largest absolute Gasteiger partial charge is 0.481 e. The molecular formula is C14H20N2O3S. The van der Waals surface area contributed by atoms with Gasteiger partial charge in [-0.15, -0.1) is 11.3 Å². The van der Waals surface area contributed by atoms with Gasteiger partial charge in [-0.3, -0.25) is 4.79 Å². The van der Waals surface area contributed by atoms with E-state index in [1.807, 2.05) is 29.3 Å². The fraction of sp³-hybridized carbons (Fsp3) is 0.571. The Hall–Kier alpha value is -1.56. The second kappa shape index (κ2) is 6.74. The highest BCUT2D eigenvalue weighted by Gasteiger charge is 2.33. The first-order valence-corrected chi connectivity index (χ1v) is 7.79. The van der Waals surface area contributed by atoms with Crippen LogP contribution in [0.25, 0.3) is 0 Å². The van der Waals surface area contributed by atoms with Crippen molar-refractivity contribution in [3.8, 4) is 0 Å². The molecule has 0 aromatic carbocycles. The molecule has 6 heteroatoms. The molecule has 2 amide bonds. The number of carbonyl (C=O) groups is 2. The molecule has 2 N–H and O–H groups in total. The van der Waals surface area contributed by atoms with E-state index in [-0.39, 0.29) is 12.6 Å². The fourth-order valence-corrected chi connectivity index (χ4v) is 2.74. The number of hydrogen-bond donors (Lipinski definition) is 2. The lowest BCUT2D eigenvalue weighted by atomic mass is 10.1. The minimum atomic E-state index is -0.857. The van der Waals surface area contributed by atoms with E-state index in [1.54, 1.807) is 11.3 Å². The van der Waals surface area contributed by atoms with Crippen molar-refractivity contribution in [2.45, 2.75) is 38.8 Å². The van der Waals surface area contributed by atoms with Crippen molar-refractivity contribution in [3.05, 3.63) is 22.4 Å². The van der Waals surface area contributed by atoms with Gasteiger partial charge in [0.2, 0.25) is 0 Å². The van der Waals surface area contributed by atoms with Crippen LogP contribution >= 0.6 is 11.3 Å². The average Bonchev–Trinajstić information content (AvgIpc) is 3.13. The molecule has 0 aliphatic heterocycles. The molecule has 110 valence electrons. The van der Waals surface area contributed by atoms with Crippen molar-refractivity contribution in [2.24, 2.45) is 5.92 Å². The van der Waals surface area contributed by atoms with Crippen molar-refractivity contribution < 1.29 is 14.7 Å². The summed E-state index contributed by atoms with van der Waals surface area (Å²) in [5, 5.41) is 13.7. The van der Waals surface area contributed by atoms with E-state index in [9.17, 15) is 9.59 Å². The molecule has 0 bridgehead atoms. The van der Waals surface area contributed by atoms with Crippen molar-refractivity contribution in [1.29, 1.82) is 0 Å². The van der Waals surface area contributed by atoms with Gasteiger partial charge in [0.05, 0.1) is 12.5 Å². The van der Waals surface area contributed by atoms with Crippen LogP contribution in [0.3, 0.4) is 0 Å². The third-order valence-corrected chi connectivity index (χ3v) is 4.36. The highest BCUT2D eigenvalue weighted by atomic mass is 32.1. The number of carboxylic acid groups (broad SMARTS) is 1. The number of carbonyl (C=O) groups excluding carboxylic acids is 1. The molecule has 1 unspecified atom stereocenters. The van der Waals surface area contributed by atoms with Crippen LogP contribution in [0.1, 0.15) is 31.1 Å². The third-order valence-electron chi connectivity index (χ3n) is 3.50. The number of amides is 2. The highest BCUT2D eigenvalue weighted by Crippen LogP contribution is 2.29. The monoisotopic (exact) mass is 296 g/mol. The van der Waals surface area contributed by atoms with Gasteiger partial charge >= 0.3 is 12.0 Å². The van der Waals surface area contributed by atoms with Crippen molar-refractivity contribution in [1.82, 2.24) is 10.2 Å². The van der Waals surface area contributed by atoms with Gasteiger partial charge in [-0.1, -0.05) is 13.0 Å². The van der Waals surface area contributed by atoms with Gasteiger partial charge in [-0.25, -0.2) is 4.79 Å².